The van der Waals surface area contributed by atoms with Crippen molar-refractivity contribution < 1.29 is 24.2 Å². The van der Waals surface area contributed by atoms with Crippen molar-refractivity contribution in [2.75, 3.05) is 6.61 Å². The van der Waals surface area contributed by atoms with Gasteiger partial charge < -0.3 is 19.9 Å². The van der Waals surface area contributed by atoms with Crippen LogP contribution in [0.3, 0.4) is 0 Å². The molecule has 0 fully saturated rings. The number of carboxylic acids is 1. The second-order valence-corrected chi connectivity index (χ2v) is 4.93. The predicted octanol–water partition coefficient (Wildman–Crippen LogP) is 1.66. The van der Waals surface area contributed by atoms with Crippen molar-refractivity contribution in [3.05, 3.63) is 48.3 Å². The molecule has 1 aromatic carbocycles. The minimum atomic E-state index is -1.18. The highest BCUT2D eigenvalue weighted by Gasteiger charge is 2.22. The molecular formula is C16H19N3O5. The van der Waals surface area contributed by atoms with E-state index in [-0.39, 0.29) is 13.2 Å². The number of hydrogen-bond donors (Lipinski definition) is 2. The second-order valence-electron chi connectivity index (χ2n) is 4.93. The standard InChI is InChI=1S/C16H19N3O5/c1-2-23-13-8-17-19(9-13)10-14(15(20)21)18-16(22)24-11-12-6-4-3-5-7-12/h3-9,14H,2,10-11H2,1H3,(H,18,22)(H,20,21). The van der Waals surface area contributed by atoms with Crippen LogP contribution in [0.2, 0.25) is 0 Å². The lowest BCUT2D eigenvalue weighted by Gasteiger charge is -2.14. The highest BCUT2D eigenvalue weighted by Crippen LogP contribution is 2.08. The van der Waals surface area contributed by atoms with Gasteiger partial charge in [-0.3, -0.25) is 4.68 Å². The van der Waals surface area contributed by atoms with E-state index in [2.05, 4.69) is 10.4 Å². The largest absolute Gasteiger partial charge is 0.491 e. The lowest BCUT2D eigenvalue weighted by molar-refractivity contribution is -0.139. The van der Waals surface area contributed by atoms with Crippen molar-refractivity contribution in [2.24, 2.45) is 0 Å². The van der Waals surface area contributed by atoms with Gasteiger partial charge in [-0.2, -0.15) is 5.10 Å². The van der Waals surface area contributed by atoms with Gasteiger partial charge in [-0.25, -0.2) is 9.59 Å². The fourth-order valence-electron chi connectivity index (χ4n) is 1.97. The summed E-state index contributed by atoms with van der Waals surface area (Å²) in [5.74, 6) is -0.645. The molecule has 8 nitrogen and oxygen atoms in total. The summed E-state index contributed by atoms with van der Waals surface area (Å²) in [6.45, 7) is 2.35. The molecule has 0 aliphatic carbocycles. The molecule has 128 valence electrons. The Morgan fingerprint density at radius 3 is 2.75 bits per heavy atom. The van der Waals surface area contributed by atoms with E-state index in [0.29, 0.717) is 12.4 Å². The van der Waals surface area contributed by atoms with Gasteiger partial charge in [0.1, 0.15) is 12.6 Å². The summed E-state index contributed by atoms with van der Waals surface area (Å²) >= 11 is 0. The Hall–Kier alpha value is -3.03. The van der Waals surface area contributed by atoms with Crippen LogP contribution in [0.4, 0.5) is 4.79 Å². The summed E-state index contributed by atoms with van der Waals surface area (Å²) < 4.78 is 11.7. The number of alkyl carbamates (subject to hydrolysis) is 1. The number of benzene rings is 1. The van der Waals surface area contributed by atoms with Gasteiger partial charge in [-0.1, -0.05) is 30.3 Å². The van der Waals surface area contributed by atoms with E-state index in [4.69, 9.17) is 9.47 Å². The maximum Gasteiger partial charge on any atom is 0.408 e. The van der Waals surface area contributed by atoms with Crippen LogP contribution in [0, 0.1) is 0 Å². The molecule has 2 rings (SSSR count). The van der Waals surface area contributed by atoms with Crippen molar-refractivity contribution in [1.82, 2.24) is 15.1 Å². The van der Waals surface area contributed by atoms with Gasteiger partial charge >= 0.3 is 12.1 Å². The molecule has 0 aliphatic rings. The molecule has 0 saturated carbocycles. The second kappa shape index (κ2) is 8.56. The summed E-state index contributed by atoms with van der Waals surface area (Å²) in [5.41, 5.74) is 0.813. The van der Waals surface area contributed by atoms with E-state index >= 15 is 0 Å². The maximum absolute atomic E-state index is 11.8. The lowest BCUT2D eigenvalue weighted by Crippen LogP contribution is -2.44. The molecule has 1 amide bonds. The fraction of sp³-hybridized carbons (Fsp3) is 0.312. The zero-order valence-electron chi connectivity index (χ0n) is 13.2. The number of nitrogens with one attached hydrogen (secondary N) is 1. The van der Waals surface area contributed by atoms with Crippen molar-refractivity contribution in [2.45, 2.75) is 26.1 Å². The first-order chi connectivity index (χ1) is 11.6. The summed E-state index contributed by atoms with van der Waals surface area (Å²) in [6, 6.07) is 7.95. The Labute approximate surface area is 139 Å². The van der Waals surface area contributed by atoms with Crippen LogP contribution < -0.4 is 10.1 Å². The van der Waals surface area contributed by atoms with Crippen LogP contribution in [0.5, 0.6) is 5.75 Å². The van der Waals surface area contributed by atoms with Crippen LogP contribution >= 0.6 is 0 Å². The monoisotopic (exact) mass is 333 g/mol. The molecular weight excluding hydrogens is 314 g/mol. The lowest BCUT2D eigenvalue weighted by atomic mass is 10.2. The first-order valence-electron chi connectivity index (χ1n) is 7.43. The molecule has 2 aromatic rings. The van der Waals surface area contributed by atoms with Crippen LogP contribution in [0.15, 0.2) is 42.7 Å². The quantitative estimate of drug-likeness (QED) is 0.761. The Kier molecular flexibility index (Phi) is 6.18. The summed E-state index contributed by atoms with van der Waals surface area (Å²) in [6.07, 6.45) is 2.25. The highest BCUT2D eigenvalue weighted by atomic mass is 16.5. The van der Waals surface area contributed by atoms with Crippen LogP contribution in [-0.2, 0) is 22.7 Å². The van der Waals surface area contributed by atoms with Crippen molar-refractivity contribution in [3.8, 4) is 5.75 Å². The number of ether oxygens (including phenoxy) is 2. The van der Waals surface area contributed by atoms with Crippen molar-refractivity contribution in [1.29, 1.82) is 0 Å². The van der Waals surface area contributed by atoms with E-state index in [1.54, 1.807) is 18.3 Å². The molecule has 0 radical (unpaired) electrons. The third-order valence-electron chi connectivity index (χ3n) is 3.09. The minimum Gasteiger partial charge on any atom is -0.491 e. The molecule has 1 unspecified atom stereocenters. The number of aliphatic carboxylic acids is 1. The van der Waals surface area contributed by atoms with E-state index in [9.17, 15) is 14.7 Å². The smallest absolute Gasteiger partial charge is 0.408 e. The molecule has 1 heterocycles. The van der Waals surface area contributed by atoms with E-state index in [0.717, 1.165) is 5.56 Å². The normalized spacial score (nSPS) is 11.5. The molecule has 24 heavy (non-hydrogen) atoms. The molecule has 0 saturated heterocycles. The summed E-state index contributed by atoms with van der Waals surface area (Å²) in [4.78, 5) is 23.1. The van der Waals surface area contributed by atoms with Gasteiger partial charge in [0.05, 0.1) is 25.5 Å². The van der Waals surface area contributed by atoms with Gasteiger partial charge in [-0.05, 0) is 12.5 Å². The fourth-order valence-corrected chi connectivity index (χ4v) is 1.97. The molecule has 1 aromatic heterocycles. The summed E-state index contributed by atoms with van der Waals surface area (Å²) in [5, 5.41) is 15.5. The zero-order chi connectivity index (χ0) is 17.4. The van der Waals surface area contributed by atoms with E-state index in [1.165, 1.54) is 10.9 Å². The van der Waals surface area contributed by atoms with Crippen molar-refractivity contribution in [3.63, 3.8) is 0 Å². The number of nitrogens with zero attached hydrogens (tertiary/aromatic N) is 2. The Morgan fingerprint density at radius 1 is 1.33 bits per heavy atom. The number of carbonyl (C=O) groups is 2. The predicted molar refractivity (Wildman–Crippen MR) is 84.6 cm³/mol. The number of carboxylic acid groups (broad SMARTS) is 1. The molecule has 0 bridgehead atoms. The number of carbonyl (C=O) groups excluding carboxylic acids is 1. The average molecular weight is 333 g/mol. The maximum atomic E-state index is 11.8. The van der Waals surface area contributed by atoms with Crippen LogP contribution in [0.25, 0.3) is 0 Å². The van der Waals surface area contributed by atoms with E-state index in [1.807, 2.05) is 25.1 Å². The Bertz CT molecular complexity index is 671. The third-order valence-corrected chi connectivity index (χ3v) is 3.09. The zero-order valence-corrected chi connectivity index (χ0v) is 13.2. The molecule has 0 aliphatic heterocycles. The Morgan fingerprint density at radius 2 is 2.08 bits per heavy atom. The van der Waals surface area contributed by atoms with Crippen molar-refractivity contribution >= 4 is 12.1 Å². The Balaban J connectivity index is 1.87. The number of rotatable bonds is 8. The van der Waals surface area contributed by atoms with Crippen LogP contribution in [-0.4, -0.2) is 39.6 Å². The number of aromatic nitrogens is 2. The van der Waals surface area contributed by atoms with Gasteiger partial charge in [0.25, 0.3) is 0 Å². The topological polar surface area (TPSA) is 103 Å². The molecule has 0 spiro atoms. The van der Waals surface area contributed by atoms with Gasteiger partial charge in [0.15, 0.2) is 5.75 Å². The summed E-state index contributed by atoms with van der Waals surface area (Å²) in [7, 11) is 0. The molecule has 2 N–H and O–H groups in total. The van der Waals surface area contributed by atoms with Gasteiger partial charge in [-0.15, -0.1) is 0 Å². The first kappa shape index (κ1) is 17.3. The SMILES string of the molecule is CCOc1cnn(CC(NC(=O)OCc2ccccc2)C(=O)O)c1. The first-order valence-corrected chi connectivity index (χ1v) is 7.43. The number of hydrogen-bond acceptors (Lipinski definition) is 5. The minimum absolute atomic E-state index is 0.0388. The third kappa shape index (κ3) is 5.31. The highest BCUT2D eigenvalue weighted by molar-refractivity contribution is 5.79. The van der Waals surface area contributed by atoms with Gasteiger partial charge in [0.2, 0.25) is 0 Å². The number of amides is 1. The van der Waals surface area contributed by atoms with Gasteiger partial charge in [0, 0.05) is 0 Å². The molecule has 1 atom stereocenters. The molecule has 8 heteroatoms. The van der Waals surface area contributed by atoms with E-state index < -0.39 is 18.1 Å². The van der Waals surface area contributed by atoms with Crippen LogP contribution in [0.1, 0.15) is 12.5 Å². The average Bonchev–Trinajstić information content (AvgIpc) is 3.01.